The number of nitrogens with zero attached hydrogens (tertiary/aromatic N) is 2. The highest BCUT2D eigenvalue weighted by Crippen LogP contribution is 2.28. The first-order valence-electron chi connectivity index (χ1n) is 9.86. The summed E-state index contributed by atoms with van der Waals surface area (Å²) in [5.74, 6) is -0.179. The molecular formula is C23H25N3O3S. The van der Waals surface area contributed by atoms with Crippen molar-refractivity contribution in [3.8, 4) is 5.69 Å². The molecule has 2 aromatic carbocycles. The smallest absolute Gasteiger partial charge is 0.255 e. The zero-order chi connectivity index (χ0) is 21.5. The lowest BCUT2D eigenvalue weighted by molar-refractivity contribution is 0.102. The normalized spacial score (nSPS) is 14.4. The molecule has 0 fully saturated rings. The van der Waals surface area contributed by atoms with Crippen molar-refractivity contribution in [3.63, 3.8) is 0 Å². The molecule has 0 radical (unpaired) electrons. The molecular weight excluding hydrogens is 398 g/mol. The minimum Gasteiger partial charge on any atom is -0.322 e. The minimum atomic E-state index is -3.23. The van der Waals surface area contributed by atoms with Gasteiger partial charge in [0.1, 0.15) is 0 Å². The van der Waals surface area contributed by atoms with E-state index in [0.717, 1.165) is 33.9 Å². The SMILES string of the molecule is Cc1ccc(C)n1-c1ccc(C(=O)Nc2cccc3c2CCN(S(C)(=O)=O)C3)cc1. The van der Waals surface area contributed by atoms with E-state index in [1.54, 1.807) is 0 Å². The van der Waals surface area contributed by atoms with Gasteiger partial charge in [0.05, 0.1) is 6.26 Å². The summed E-state index contributed by atoms with van der Waals surface area (Å²) in [6, 6.07) is 17.3. The predicted octanol–water partition coefficient (Wildman–Crippen LogP) is 3.66. The van der Waals surface area contributed by atoms with E-state index >= 15 is 0 Å². The molecule has 1 amide bonds. The molecule has 3 aromatic rings. The third kappa shape index (κ3) is 3.91. The average molecular weight is 424 g/mol. The van der Waals surface area contributed by atoms with Crippen molar-refractivity contribution in [2.45, 2.75) is 26.8 Å². The fraction of sp³-hybridized carbons (Fsp3) is 0.261. The number of sulfonamides is 1. The van der Waals surface area contributed by atoms with E-state index in [1.807, 2.05) is 42.5 Å². The first-order chi connectivity index (χ1) is 14.2. The van der Waals surface area contributed by atoms with Crippen LogP contribution in [0.5, 0.6) is 0 Å². The van der Waals surface area contributed by atoms with Crippen molar-refractivity contribution < 1.29 is 13.2 Å². The van der Waals surface area contributed by atoms with Crippen molar-refractivity contribution in [1.29, 1.82) is 0 Å². The molecule has 30 heavy (non-hydrogen) atoms. The van der Waals surface area contributed by atoms with Crippen LogP contribution in [0.25, 0.3) is 5.69 Å². The first kappa shape index (κ1) is 20.4. The maximum absolute atomic E-state index is 12.8. The zero-order valence-corrected chi connectivity index (χ0v) is 18.2. The highest BCUT2D eigenvalue weighted by Gasteiger charge is 2.25. The van der Waals surface area contributed by atoms with E-state index in [-0.39, 0.29) is 5.91 Å². The number of anilines is 1. The third-order valence-corrected chi connectivity index (χ3v) is 6.86. The average Bonchev–Trinajstić information content (AvgIpc) is 3.05. The van der Waals surface area contributed by atoms with E-state index in [9.17, 15) is 13.2 Å². The summed E-state index contributed by atoms with van der Waals surface area (Å²) in [7, 11) is -3.23. The quantitative estimate of drug-likeness (QED) is 0.696. The second-order valence-electron chi connectivity index (χ2n) is 7.74. The number of benzene rings is 2. The summed E-state index contributed by atoms with van der Waals surface area (Å²) in [5.41, 5.74) is 6.55. The second kappa shape index (κ2) is 7.74. The Labute approximate surface area is 177 Å². The molecule has 2 heterocycles. The van der Waals surface area contributed by atoms with Crippen LogP contribution >= 0.6 is 0 Å². The van der Waals surface area contributed by atoms with Gasteiger partial charge >= 0.3 is 0 Å². The molecule has 1 aliphatic rings. The Morgan fingerprint density at radius 1 is 0.967 bits per heavy atom. The lowest BCUT2D eigenvalue weighted by atomic mass is 9.99. The van der Waals surface area contributed by atoms with Crippen LogP contribution in [0.3, 0.4) is 0 Å². The number of carbonyl (C=O) groups excluding carboxylic acids is 1. The van der Waals surface area contributed by atoms with Gasteiger partial charge in [-0.3, -0.25) is 4.79 Å². The number of aryl methyl sites for hydroxylation is 2. The van der Waals surface area contributed by atoms with E-state index < -0.39 is 10.0 Å². The Balaban J connectivity index is 1.54. The highest BCUT2D eigenvalue weighted by molar-refractivity contribution is 7.88. The van der Waals surface area contributed by atoms with Crippen LogP contribution in [0.1, 0.15) is 32.9 Å². The number of amides is 1. The summed E-state index contributed by atoms with van der Waals surface area (Å²) in [6.45, 7) is 4.86. The second-order valence-corrected chi connectivity index (χ2v) is 9.72. The largest absolute Gasteiger partial charge is 0.322 e. The summed E-state index contributed by atoms with van der Waals surface area (Å²) < 4.78 is 27.3. The Morgan fingerprint density at radius 2 is 1.63 bits per heavy atom. The number of carbonyl (C=O) groups is 1. The molecule has 0 unspecified atom stereocenters. The van der Waals surface area contributed by atoms with Gasteiger partial charge in [0, 0.05) is 41.4 Å². The van der Waals surface area contributed by atoms with Crippen LogP contribution in [-0.2, 0) is 23.0 Å². The number of fused-ring (bicyclic) bond motifs is 1. The number of aromatic nitrogens is 1. The number of nitrogens with one attached hydrogen (secondary N) is 1. The monoisotopic (exact) mass is 423 g/mol. The molecule has 0 saturated heterocycles. The summed E-state index contributed by atoms with van der Waals surface area (Å²) >= 11 is 0. The molecule has 1 aliphatic heterocycles. The van der Waals surface area contributed by atoms with E-state index in [1.165, 1.54) is 10.6 Å². The summed E-state index contributed by atoms with van der Waals surface area (Å²) in [6.07, 6.45) is 1.80. The standard InChI is InChI=1S/C23H25N3O3S/c1-16-7-8-17(2)26(16)20-11-9-18(10-12-20)23(27)24-22-6-4-5-19-15-25(30(3,28)29)14-13-21(19)22/h4-12H,13-15H2,1-3H3,(H,24,27). The Bertz CT molecular complexity index is 1190. The summed E-state index contributed by atoms with van der Waals surface area (Å²) in [4.78, 5) is 12.8. The molecule has 0 bridgehead atoms. The molecule has 4 rings (SSSR count). The number of rotatable bonds is 4. The van der Waals surface area contributed by atoms with Gasteiger partial charge in [0.25, 0.3) is 5.91 Å². The van der Waals surface area contributed by atoms with Crippen molar-refractivity contribution in [2.75, 3.05) is 18.1 Å². The van der Waals surface area contributed by atoms with Crippen molar-refractivity contribution in [2.24, 2.45) is 0 Å². The van der Waals surface area contributed by atoms with E-state index in [0.29, 0.717) is 25.1 Å². The summed E-state index contributed by atoms with van der Waals surface area (Å²) in [5, 5.41) is 3.00. The van der Waals surface area contributed by atoms with Crippen LogP contribution in [-0.4, -0.2) is 36.0 Å². The predicted molar refractivity (Wildman–Crippen MR) is 119 cm³/mol. The highest BCUT2D eigenvalue weighted by atomic mass is 32.2. The Hall–Kier alpha value is -2.90. The first-order valence-corrected chi connectivity index (χ1v) is 11.7. The molecule has 0 aliphatic carbocycles. The van der Waals surface area contributed by atoms with Crippen LogP contribution in [0.4, 0.5) is 5.69 Å². The lowest BCUT2D eigenvalue weighted by Gasteiger charge is -2.28. The van der Waals surface area contributed by atoms with Gasteiger partial charge in [-0.1, -0.05) is 12.1 Å². The molecule has 0 saturated carbocycles. The van der Waals surface area contributed by atoms with Gasteiger partial charge in [-0.15, -0.1) is 0 Å². The zero-order valence-electron chi connectivity index (χ0n) is 17.3. The molecule has 0 spiro atoms. The van der Waals surface area contributed by atoms with Crippen LogP contribution in [0.2, 0.25) is 0 Å². The van der Waals surface area contributed by atoms with Crippen molar-refractivity contribution in [1.82, 2.24) is 8.87 Å². The van der Waals surface area contributed by atoms with Crippen LogP contribution in [0, 0.1) is 13.8 Å². The molecule has 1 N–H and O–H groups in total. The van der Waals surface area contributed by atoms with E-state index in [2.05, 4.69) is 35.9 Å². The molecule has 6 nitrogen and oxygen atoms in total. The maximum atomic E-state index is 12.8. The van der Waals surface area contributed by atoms with Gasteiger partial charge < -0.3 is 9.88 Å². The van der Waals surface area contributed by atoms with Gasteiger partial charge in [-0.25, -0.2) is 8.42 Å². The van der Waals surface area contributed by atoms with Crippen LogP contribution < -0.4 is 5.32 Å². The molecule has 7 heteroatoms. The van der Waals surface area contributed by atoms with Crippen molar-refractivity contribution >= 4 is 21.6 Å². The molecule has 0 atom stereocenters. The molecule has 1 aromatic heterocycles. The number of hydrogen-bond acceptors (Lipinski definition) is 3. The van der Waals surface area contributed by atoms with Gasteiger partial charge in [-0.05, 0) is 73.9 Å². The van der Waals surface area contributed by atoms with E-state index in [4.69, 9.17) is 0 Å². The fourth-order valence-corrected chi connectivity index (χ4v) is 4.81. The number of hydrogen-bond donors (Lipinski definition) is 1. The van der Waals surface area contributed by atoms with Gasteiger partial charge in [0.15, 0.2) is 0 Å². The van der Waals surface area contributed by atoms with Crippen LogP contribution in [0.15, 0.2) is 54.6 Å². The third-order valence-electron chi connectivity index (χ3n) is 5.61. The minimum absolute atomic E-state index is 0.179. The van der Waals surface area contributed by atoms with Crippen molar-refractivity contribution in [3.05, 3.63) is 82.7 Å². The Kier molecular flexibility index (Phi) is 5.26. The molecule has 156 valence electrons. The lowest BCUT2D eigenvalue weighted by Crippen LogP contribution is -2.35. The topological polar surface area (TPSA) is 71.4 Å². The maximum Gasteiger partial charge on any atom is 0.255 e. The fourth-order valence-electron chi connectivity index (χ4n) is 4.02. The van der Waals surface area contributed by atoms with Gasteiger partial charge in [0.2, 0.25) is 10.0 Å². The van der Waals surface area contributed by atoms with Gasteiger partial charge in [-0.2, -0.15) is 4.31 Å². The Morgan fingerprint density at radius 3 is 2.27 bits per heavy atom.